The highest BCUT2D eigenvalue weighted by molar-refractivity contribution is 6.12. The molecular formula is C15H12N2O. The van der Waals surface area contributed by atoms with E-state index in [9.17, 15) is 4.79 Å². The number of H-pyrrole nitrogens is 1. The lowest BCUT2D eigenvalue weighted by atomic mass is 10.0. The third-order valence-electron chi connectivity index (χ3n) is 3.03. The van der Waals surface area contributed by atoms with E-state index in [1.807, 2.05) is 36.4 Å². The van der Waals surface area contributed by atoms with Crippen molar-refractivity contribution in [1.82, 2.24) is 9.97 Å². The maximum absolute atomic E-state index is 11.9. The minimum atomic E-state index is 0.0688. The Morgan fingerprint density at radius 2 is 1.83 bits per heavy atom. The largest absolute Gasteiger partial charge is 0.354 e. The van der Waals surface area contributed by atoms with Gasteiger partial charge in [-0.3, -0.25) is 9.78 Å². The van der Waals surface area contributed by atoms with E-state index in [2.05, 4.69) is 9.97 Å². The van der Waals surface area contributed by atoms with Gasteiger partial charge in [0.25, 0.3) is 0 Å². The van der Waals surface area contributed by atoms with Gasteiger partial charge in [-0.2, -0.15) is 0 Å². The second-order valence-corrected chi connectivity index (χ2v) is 4.21. The van der Waals surface area contributed by atoms with Crippen molar-refractivity contribution in [2.45, 2.75) is 6.92 Å². The number of aromatic amines is 1. The van der Waals surface area contributed by atoms with Gasteiger partial charge in [-0.1, -0.05) is 18.2 Å². The first-order chi connectivity index (χ1) is 8.77. The molecule has 0 radical (unpaired) electrons. The molecule has 0 bridgehead atoms. The summed E-state index contributed by atoms with van der Waals surface area (Å²) in [6.45, 7) is 1.60. The lowest BCUT2D eigenvalue weighted by Crippen LogP contribution is -1.93. The van der Waals surface area contributed by atoms with Crippen molar-refractivity contribution in [3.05, 3.63) is 54.4 Å². The summed E-state index contributed by atoms with van der Waals surface area (Å²) in [5.41, 5.74) is 3.57. The molecule has 88 valence electrons. The maximum atomic E-state index is 11.9. The van der Waals surface area contributed by atoms with Crippen molar-refractivity contribution in [1.29, 1.82) is 0 Å². The van der Waals surface area contributed by atoms with Gasteiger partial charge in [-0.25, -0.2) is 0 Å². The SMILES string of the molecule is CC(=O)c1c(-c2ccncc2)[nH]c2ccccc12. The Balaban J connectivity index is 2.36. The van der Waals surface area contributed by atoms with E-state index in [4.69, 9.17) is 0 Å². The lowest BCUT2D eigenvalue weighted by Gasteiger charge is -2.00. The number of fused-ring (bicyclic) bond motifs is 1. The van der Waals surface area contributed by atoms with Crippen molar-refractivity contribution in [3.8, 4) is 11.3 Å². The van der Waals surface area contributed by atoms with Crippen LogP contribution in [0.3, 0.4) is 0 Å². The van der Waals surface area contributed by atoms with Crippen LogP contribution in [0.25, 0.3) is 22.2 Å². The van der Waals surface area contributed by atoms with Gasteiger partial charge < -0.3 is 4.98 Å². The van der Waals surface area contributed by atoms with E-state index >= 15 is 0 Å². The minimum absolute atomic E-state index is 0.0688. The number of nitrogens with zero attached hydrogens (tertiary/aromatic N) is 1. The molecule has 3 nitrogen and oxygen atoms in total. The highest BCUT2D eigenvalue weighted by atomic mass is 16.1. The summed E-state index contributed by atoms with van der Waals surface area (Å²) in [6.07, 6.45) is 3.45. The van der Waals surface area contributed by atoms with E-state index in [-0.39, 0.29) is 5.78 Å². The monoisotopic (exact) mass is 236 g/mol. The topological polar surface area (TPSA) is 45.8 Å². The highest BCUT2D eigenvalue weighted by Crippen LogP contribution is 2.30. The lowest BCUT2D eigenvalue weighted by molar-refractivity contribution is 0.102. The molecule has 0 aliphatic carbocycles. The van der Waals surface area contributed by atoms with E-state index in [0.29, 0.717) is 0 Å². The van der Waals surface area contributed by atoms with Gasteiger partial charge in [0.15, 0.2) is 5.78 Å². The fourth-order valence-corrected chi connectivity index (χ4v) is 2.24. The second kappa shape index (κ2) is 4.11. The predicted molar refractivity (Wildman–Crippen MR) is 71.5 cm³/mol. The van der Waals surface area contributed by atoms with E-state index in [1.54, 1.807) is 19.3 Å². The van der Waals surface area contributed by atoms with Gasteiger partial charge >= 0.3 is 0 Å². The number of para-hydroxylation sites is 1. The molecule has 0 aliphatic heterocycles. The molecule has 1 aromatic carbocycles. The van der Waals surface area contributed by atoms with Crippen LogP contribution in [0.1, 0.15) is 17.3 Å². The van der Waals surface area contributed by atoms with Crippen LogP contribution in [0, 0.1) is 0 Å². The molecule has 18 heavy (non-hydrogen) atoms. The van der Waals surface area contributed by atoms with Gasteiger partial charge in [-0.15, -0.1) is 0 Å². The zero-order valence-electron chi connectivity index (χ0n) is 9.97. The van der Waals surface area contributed by atoms with Crippen LogP contribution < -0.4 is 0 Å². The molecule has 3 heteroatoms. The first-order valence-electron chi connectivity index (χ1n) is 5.79. The smallest absolute Gasteiger partial charge is 0.162 e. The van der Waals surface area contributed by atoms with Crippen LogP contribution in [0.4, 0.5) is 0 Å². The molecule has 1 N–H and O–H groups in total. The van der Waals surface area contributed by atoms with Gasteiger partial charge in [0.2, 0.25) is 0 Å². The molecule has 0 aliphatic rings. The molecule has 2 aromatic heterocycles. The van der Waals surface area contributed by atoms with Crippen LogP contribution in [0.5, 0.6) is 0 Å². The Morgan fingerprint density at radius 1 is 1.11 bits per heavy atom. The van der Waals surface area contributed by atoms with Crippen LogP contribution >= 0.6 is 0 Å². The van der Waals surface area contributed by atoms with Crippen molar-refractivity contribution < 1.29 is 4.79 Å². The Morgan fingerprint density at radius 3 is 2.56 bits per heavy atom. The minimum Gasteiger partial charge on any atom is -0.354 e. The molecule has 0 atom stereocenters. The zero-order chi connectivity index (χ0) is 12.5. The Bertz CT molecular complexity index is 714. The Hall–Kier alpha value is -2.42. The molecule has 0 saturated heterocycles. The number of carbonyl (C=O) groups excluding carboxylic acids is 1. The Labute approximate surface area is 104 Å². The number of aromatic nitrogens is 2. The number of hydrogen-bond donors (Lipinski definition) is 1. The Kier molecular flexibility index (Phi) is 2.45. The van der Waals surface area contributed by atoms with Crippen molar-refractivity contribution >= 4 is 16.7 Å². The van der Waals surface area contributed by atoms with Crippen LogP contribution in [0.2, 0.25) is 0 Å². The number of ketones is 1. The number of rotatable bonds is 2. The zero-order valence-corrected chi connectivity index (χ0v) is 9.97. The summed E-state index contributed by atoms with van der Waals surface area (Å²) >= 11 is 0. The maximum Gasteiger partial charge on any atom is 0.162 e. The summed E-state index contributed by atoms with van der Waals surface area (Å²) in [5.74, 6) is 0.0688. The molecule has 0 spiro atoms. The first kappa shape index (κ1) is 10.7. The quantitative estimate of drug-likeness (QED) is 0.693. The average Bonchev–Trinajstić information content (AvgIpc) is 2.79. The summed E-state index contributed by atoms with van der Waals surface area (Å²) in [7, 11) is 0. The third kappa shape index (κ3) is 1.61. The normalized spacial score (nSPS) is 10.7. The number of carbonyl (C=O) groups is 1. The van der Waals surface area contributed by atoms with Gasteiger partial charge in [0.1, 0.15) is 0 Å². The number of Topliss-reactive ketones (excluding diaryl/α,β-unsaturated/α-hetero) is 1. The van der Waals surface area contributed by atoms with Gasteiger partial charge in [0, 0.05) is 28.9 Å². The number of benzene rings is 1. The molecule has 3 rings (SSSR count). The fourth-order valence-electron chi connectivity index (χ4n) is 2.24. The van der Waals surface area contributed by atoms with Gasteiger partial charge in [-0.05, 0) is 25.1 Å². The van der Waals surface area contributed by atoms with E-state index < -0.39 is 0 Å². The van der Waals surface area contributed by atoms with Gasteiger partial charge in [0.05, 0.1) is 11.3 Å². The highest BCUT2D eigenvalue weighted by Gasteiger charge is 2.15. The number of hydrogen-bond acceptors (Lipinski definition) is 2. The van der Waals surface area contributed by atoms with Crippen LogP contribution in [0.15, 0.2) is 48.8 Å². The summed E-state index contributed by atoms with van der Waals surface area (Å²) in [6, 6.07) is 11.6. The van der Waals surface area contributed by atoms with E-state index in [1.165, 1.54) is 0 Å². The molecular weight excluding hydrogens is 224 g/mol. The summed E-state index contributed by atoms with van der Waals surface area (Å²) in [5, 5.41) is 0.969. The number of pyridine rings is 1. The molecule has 0 saturated carbocycles. The third-order valence-corrected chi connectivity index (χ3v) is 3.03. The standard InChI is InChI=1S/C15H12N2O/c1-10(18)14-12-4-2-3-5-13(12)17-15(14)11-6-8-16-9-7-11/h2-9,17H,1H3. The second-order valence-electron chi connectivity index (χ2n) is 4.21. The summed E-state index contributed by atoms with van der Waals surface area (Å²) in [4.78, 5) is 19.2. The van der Waals surface area contributed by atoms with E-state index in [0.717, 1.165) is 27.7 Å². The molecule has 3 aromatic rings. The molecule has 0 fully saturated rings. The predicted octanol–water partition coefficient (Wildman–Crippen LogP) is 3.43. The van der Waals surface area contributed by atoms with Crippen LogP contribution in [-0.2, 0) is 0 Å². The summed E-state index contributed by atoms with van der Waals surface area (Å²) < 4.78 is 0. The fraction of sp³-hybridized carbons (Fsp3) is 0.0667. The molecule has 2 heterocycles. The van der Waals surface area contributed by atoms with Crippen molar-refractivity contribution in [3.63, 3.8) is 0 Å². The number of nitrogens with one attached hydrogen (secondary N) is 1. The first-order valence-corrected chi connectivity index (χ1v) is 5.79. The van der Waals surface area contributed by atoms with Crippen molar-refractivity contribution in [2.24, 2.45) is 0 Å². The molecule has 0 unspecified atom stereocenters. The molecule has 0 amide bonds. The van der Waals surface area contributed by atoms with Crippen molar-refractivity contribution in [2.75, 3.05) is 0 Å². The average molecular weight is 236 g/mol. The van der Waals surface area contributed by atoms with Crippen LogP contribution in [-0.4, -0.2) is 15.8 Å².